The van der Waals surface area contributed by atoms with Crippen molar-refractivity contribution in [1.82, 2.24) is 5.32 Å². The molecule has 2 heterocycles. The first-order chi connectivity index (χ1) is 11.1. The number of nitrogens with zero attached hydrogens (tertiary/aromatic N) is 2. The fraction of sp³-hybridized carbons (Fsp3) is 0.118. The standard InChI is InChI=1S/C17H13N3OS2/c18-10-13-14(11-4-6-12(21)7-5-11)15(17(23)19-16(13)22)20-8-2-1-3-9-20/h1-9,14-15H,(H2-,19,21,22,23)/t14-,15+/m0/s1. The van der Waals surface area contributed by atoms with E-state index in [-0.39, 0.29) is 17.7 Å². The fourth-order valence-electron chi connectivity index (χ4n) is 2.76. The molecule has 3 rings (SSSR count). The third-order valence-corrected chi connectivity index (χ3v) is 4.47. The van der Waals surface area contributed by atoms with Crippen LogP contribution in [0.2, 0.25) is 0 Å². The molecule has 23 heavy (non-hydrogen) atoms. The van der Waals surface area contributed by atoms with Gasteiger partial charge in [-0.25, -0.2) is 0 Å². The van der Waals surface area contributed by atoms with E-state index in [4.69, 9.17) is 24.8 Å². The summed E-state index contributed by atoms with van der Waals surface area (Å²) in [5, 5.41) is 22.4. The van der Waals surface area contributed by atoms with Gasteiger partial charge < -0.3 is 23.1 Å². The van der Waals surface area contributed by atoms with Crippen molar-refractivity contribution in [2.75, 3.05) is 0 Å². The average Bonchev–Trinajstić information content (AvgIpc) is 2.56. The third-order valence-electron chi connectivity index (χ3n) is 3.81. The Balaban J connectivity index is 2.18. The number of hydrogen-bond donors (Lipinski definition) is 2. The van der Waals surface area contributed by atoms with Crippen molar-refractivity contribution in [2.45, 2.75) is 12.0 Å². The third kappa shape index (κ3) is 2.89. The molecule has 0 saturated heterocycles. The Morgan fingerprint density at radius 2 is 1.83 bits per heavy atom. The molecule has 0 spiro atoms. The quantitative estimate of drug-likeness (QED) is 0.499. The lowest BCUT2D eigenvalue weighted by Gasteiger charge is -2.34. The van der Waals surface area contributed by atoms with Gasteiger partial charge in [0, 0.05) is 17.7 Å². The highest BCUT2D eigenvalue weighted by Gasteiger charge is 2.40. The molecule has 0 unspecified atom stereocenters. The lowest BCUT2D eigenvalue weighted by Crippen LogP contribution is -2.52. The number of aromatic nitrogens is 1. The molecule has 1 aromatic heterocycles. The van der Waals surface area contributed by atoms with E-state index >= 15 is 0 Å². The van der Waals surface area contributed by atoms with Crippen LogP contribution in [0.5, 0.6) is 5.75 Å². The molecule has 0 aliphatic carbocycles. The molecule has 0 saturated carbocycles. The molecule has 0 fully saturated rings. The molecule has 6 heteroatoms. The SMILES string of the molecule is N#CC1=C([S-])NC(=S)[C@H]([n+]2ccccc2)[C@H]1c1ccc(O)cc1. The molecule has 4 nitrogen and oxygen atoms in total. The van der Waals surface area contributed by atoms with E-state index in [1.165, 1.54) is 0 Å². The van der Waals surface area contributed by atoms with Gasteiger partial charge in [-0.1, -0.05) is 35.4 Å². The summed E-state index contributed by atoms with van der Waals surface area (Å²) in [6, 6.07) is 14.5. The van der Waals surface area contributed by atoms with Crippen LogP contribution in [-0.4, -0.2) is 10.1 Å². The summed E-state index contributed by atoms with van der Waals surface area (Å²) in [5.74, 6) is -0.121. The molecule has 1 aliphatic rings. The molecule has 2 aromatic rings. The van der Waals surface area contributed by atoms with Crippen LogP contribution in [0, 0.1) is 11.3 Å². The number of hydrogen-bond acceptors (Lipinski definition) is 4. The van der Waals surface area contributed by atoms with Gasteiger partial charge >= 0.3 is 0 Å². The topological polar surface area (TPSA) is 59.9 Å². The van der Waals surface area contributed by atoms with Gasteiger partial charge in [0.25, 0.3) is 0 Å². The van der Waals surface area contributed by atoms with Crippen LogP contribution in [0.15, 0.2) is 65.5 Å². The number of thiocarbonyl (C=S) groups is 1. The first-order valence-electron chi connectivity index (χ1n) is 6.98. The van der Waals surface area contributed by atoms with E-state index in [0.29, 0.717) is 15.6 Å². The first kappa shape index (κ1) is 15.4. The fourth-order valence-corrected chi connectivity index (χ4v) is 3.47. The van der Waals surface area contributed by atoms with Crippen LogP contribution in [0.4, 0.5) is 0 Å². The highest BCUT2D eigenvalue weighted by molar-refractivity contribution is 7.80. The first-order valence-corrected chi connectivity index (χ1v) is 7.80. The van der Waals surface area contributed by atoms with Crippen molar-refractivity contribution in [2.24, 2.45) is 0 Å². The molecule has 0 radical (unpaired) electrons. The van der Waals surface area contributed by atoms with E-state index in [0.717, 1.165) is 5.56 Å². The van der Waals surface area contributed by atoms with Crippen molar-refractivity contribution in [3.05, 3.63) is 71.0 Å². The van der Waals surface area contributed by atoms with Gasteiger partial charge in [-0.05, 0) is 17.7 Å². The zero-order chi connectivity index (χ0) is 16.4. The van der Waals surface area contributed by atoms with E-state index in [2.05, 4.69) is 11.4 Å². The van der Waals surface area contributed by atoms with E-state index < -0.39 is 0 Å². The Labute approximate surface area is 145 Å². The van der Waals surface area contributed by atoms with Crippen LogP contribution >= 0.6 is 12.2 Å². The molecule has 2 N–H and O–H groups in total. The number of benzene rings is 1. The summed E-state index contributed by atoms with van der Waals surface area (Å²) in [5.41, 5.74) is 1.35. The number of phenols is 1. The Hall–Kier alpha value is -2.49. The summed E-state index contributed by atoms with van der Waals surface area (Å²) in [4.78, 5) is 0.572. The number of aromatic hydroxyl groups is 1. The van der Waals surface area contributed by atoms with Crippen LogP contribution in [0.25, 0.3) is 0 Å². The van der Waals surface area contributed by atoms with Crippen molar-refractivity contribution in [3.8, 4) is 11.8 Å². The lowest BCUT2D eigenvalue weighted by molar-refractivity contribution is -0.708. The van der Waals surface area contributed by atoms with Crippen molar-refractivity contribution in [1.29, 1.82) is 5.26 Å². The minimum Gasteiger partial charge on any atom is -0.761 e. The normalized spacial score (nSPS) is 20.7. The zero-order valence-electron chi connectivity index (χ0n) is 12.0. The number of phenolic OH excluding ortho intramolecular Hbond substituents is 1. The molecular formula is C17H13N3OS2. The van der Waals surface area contributed by atoms with Gasteiger partial charge in [0.2, 0.25) is 6.04 Å². The van der Waals surface area contributed by atoms with Crippen molar-refractivity contribution < 1.29 is 9.67 Å². The summed E-state index contributed by atoms with van der Waals surface area (Å²) in [6.07, 6.45) is 3.82. The minimum absolute atomic E-state index is 0.176. The van der Waals surface area contributed by atoms with Gasteiger partial charge in [0.05, 0.1) is 12.0 Å². The smallest absolute Gasteiger partial charge is 0.219 e. The monoisotopic (exact) mass is 339 g/mol. The second-order valence-corrected chi connectivity index (χ2v) is 6.03. The molecule has 0 amide bonds. The maximum Gasteiger partial charge on any atom is 0.219 e. The highest BCUT2D eigenvalue weighted by atomic mass is 32.1. The van der Waals surface area contributed by atoms with Crippen molar-refractivity contribution in [3.63, 3.8) is 0 Å². The zero-order valence-corrected chi connectivity index (χ0v) is 13.6. The van der Waals surface area contributed by atoms with E-state index in [9.17, 15) is 10.4 Å². The van der Waals surface area contributed by atoms with Gasteiger partial charge in [-0.15, -0.1) is 0 Å². The van der Waals surface area contributed by atoms with Crippen LogP contribution in [-0.2, 0) is 12.6 Å². The number of nitrogens with one attached hydrogen (secondary N) is 1. The summed E-state index contributed by atoms with van der Waals surface area (Å²) >= 11 is 10.8. The Morgan fingerprint density at radius 1 is 1.17 bits per heavy atom. The Kier molecular flexibility index (Phi) is 4.24. The van der Waals surface area contributed by atoms with Crippen molar-refractivity contribution >= 4 is 29.8 Å². The van der Waals surface area contributed by atoms with Gasteiger partial charge in [-0.2, -0.15) is 9.83 Å². The van der Waals surface area contributed by atoms with Gasteiger partial charge in [-0.3, -0.25) is 0 Å². The average molecular weight is 339 g/mol. The minimum atomic E-state index is -0.297. The van der Waals surface area contributed by atoms with Gasteiger partial charge in [0.15, 0.2) is 12.4 Å². The number of nitriles is 1. The maximum absolute atomic E-state index is 9.58. The Bertz CT molecular complexity index is 810. The molecule has 1 aliphatic heterocycles. The molecule has 0 bridgehead atoms. The second kappa shape index (κ2) is 6.32. The van der Waals surface area contributed by atoms with Crippen LogP contribution < -0.4 is 9.88 Å². The van der Waals surface area contributed by atoms with E-state index in [1.54, 1.807) is 24.3 Å². The molecule has 114 valence electrons. The summed E-state index contributed by atoms with van der Waals surface area (Å²) in [6.45, 7) is 0. The van der Waals surface area contributed by atoms with Crippen LogP contribution in [0.1, 0.15) is 17.5 Å². The number of pyridine rings is 1. The van der Waals surface area contributed by atoms with Gasteiger partial charge in [0.1, 0.15) is 10.7 Å². The number of allylic oxidation sites excluding steroid dienone is 1. The summed E-state index contributed by atoms with van der Waals surface area (Å²) < 4.78 is 1.96. The largest absolute Gasteiger partial charge is 0.761 e. The number of rotatable bonds is 2. The lowest BCUT2D eigenvalue weighted by atomic mass is 9.83. The second-order valence-electron chi connectivity index (χ2n) is 5.18. The van der Waals surface area contributed by atoms with E-state index in [1.807, 2.05) is 35.2 Å². The maximum atomic E-state index is 9.58. The van der Waals surface area contributed by atoms with Crippen LogP contribution in [0.3, 0.4) is 0 Å². The molecule has 1 aromatic carbocycles. The molecular weight excluding hydrogens is 326 g/mol. The molecule has 2 atom stereocenters. The highest BCUT2D eigenvalue weighted by Crippen LogP contribution is 2.37. The summed E-state index contributed by atoms with van der Waals surface area (Å²) in [7, 11) is 0. The predicted molar refractivity (Wildman–Crippen MR) is 92.3 cm³/mol. The Morgan fingerprint density at radius 3 is 2.43 bits per heavy atom. The predicted octanol–water partition coefficient (Wildman–Crippen LogP) is 2.22.